The molecule has 4 heteroatoms. The quantitative estimate of drug-likeness (QED) is 0.455. The van der Waals surface area contributed by atoms with Crippen molar-refractivity contribution in [2.24, 2.45) is 5.16 Å². The second-order valence-corrected chi connectivity index (χ2v) is 6.86. The standard InChI is InChI=1S/C17H16N2OS.C2H6/c1-14-9-11-15(12-10-14)17(13-18)19-20-21(2,3)16-7-5-4-6-8-16;1-2/h4-12H,2-3H2,1H3;1-2H3/b19-17+;. The van der Waals surface area contributed by atoms with Crippen molar-refractivity contribution in [2.75, 3.05) is 0 Å². The Morgan fingerprint density at radius 2 is 1.61 bits per heavy atom. The summed E-state index contributed by atoms with van der Waals surface area (Å²) in [4.78, 5) is 0.870. The Bertz CT molecular complexity index is 784. The van der Waals surface area contributed by atoms with E-state index in [1.165, 1.54) is 0 Å². The maximum Gasteiger partial charge on any atom is 0.188 e. The van der Waals surface area contributed by atoms with Gasteiger partial charge in [0.05, 0.1) is 0 Å². The predicted octanol–water partition coefficient (Wildman–Crippen LogP) is 4.91. The Kier molecular flexibility index (Phi) is 7.11. The minimum Gasteiger partial charge on any atom is -0.334 e. The van der Waals surface area contributed by atoms with Crippen molar-refractivity contribution in [1.82, 2.24) is 0 Å². The molecule has 0 saturated carbocycles. The average molecular weight is 326 g/mol. The molecule has 0 bridgehead atoms. The third kappa shape index (κ3) is 5.32. The molecule has 0 aliphatic rings. The highest BCUT2D eigenvalue weighted by atomic mass is 32.2. The molecule has 0 N–H and O–H groups in total. The number of nitrogens with zero attached hydrogens (tertiary/aromatic N) is 2. The molecule has 23 heavy (non-hydrogen) atoms. The van der Waals surface area contributed by atoms with E-state index in [1.54, 1.807) is 0 Å². The summed E-state index contributed by atoms with van der Waals surface area (Å²) in [5.41, 5.74) is 2.05. The minimum atomic E-state index is -2.02. The zero-order valence-corrected chi connectivity index (χ0v) is 14.6. The summed E-state index contributed by atoms with van der Waals surface area (Å²) in [6.07, 6.45) is 0. The first-order chi connectivity index (χ1) is 11.0. The summed E-state index contributed by atoms with van der Waals surface area (Å²) < 4.78 is 5.48. The molecule has 2 aromatic carbocycles. The lowest BCUT2D eigenvalue weighted by Gasteiger charge is -2.12. The van der Waals surface area contributed by atoms with Gasteiger partial charge in [-0.05, 0) is 40.3 Å². The molecule has 120 valence electrons. The normalized spacial score (nSPS) is 11.0. The van der Waals surface area contributed by atoms with Gasteiger partial charge in [-0.3, -0.25) is 0 Å². The third-order valence-corrected chi connectivity index (χ3v) is 4.37. The van der Waals surface area contributed by atoms with Crippen LogP contribution in [0.1, 0.15) is 25.0 Å². The number of aryl methyl sites for hydroxylation is 1. The van der Waals surface area contributed by atoms with Gasteiger partial charge in [0.1, 0.15) is 6.07 Å². The number of hydrogen-bond donors (Lipinski definition) is 0. The highest BCUT2D eigenvalue weighted by Gasteiger charge is 2.06. The maximum atomic E-state index is 9.22. The summed E-state index contributed by atoms with van der Waals surface area (Å²) in [6, 6.07) is 19.1. The second-order valence-electron chi connectivity index (χ2n) is 4.62. The number of benzene rings is 2. The monoisotopic (exact) mass is 326 g/mol. The van der Waals surface area contributed by atoms with Crippen LogP contribution in [-0.4, -0.2) is 17.5 Å². The third-order valence-electron chi connectivity index (χ3n) is 2.87. The summed E-state index contributed by atoms with van der Waals surface area (Å²) in [5.74, 6) is 7.98. The zero-order valence-electron chi connectivity index (χ0n) is 13.8. The Hall–Kier alpha value is -2.51. The molecule has 0 aromatic heterocycles. The summed E-state index contributed by atoms with van der Waals surface area (Å²) >= 11 is 0. The van der Waals surface area contributed by atoms with Gasteiger partial charge >= 0.3 is 0 Å². The van der Waals surface area contributed by atoms with Crippen LogP contribution < -0.4 is 0 Å². The molecule has 0 spiro atoms. The molecule has 0 fully saturated rings. The van der Waals surface area contributed by atoms with Gasteiger partial charge in [0.2, 0.25) is 0 Å². The van der Waals surface area contributed by atoms with Gasteiger partial charge < -0.3 is 4.28 Å². The van der Waals surface area contributed by atoms with Crippen molar-refractivity contribution >= 4 is 26.9 Å². The molecule has 0 aliphatic carbocycles. The van der Waals surface area contributed by atoms with E-state index in [1.807, 2.05) is 81.4 Å². The van der Waals surface area contributed by atoms with Gasteiger partial charge in [-0.1, -0.05) is 67.0 Å². The lowest BCUT2D eigenvalue weighted by atomic mass is 10.1. The van der Waals surface area contributed by atoms with E-state index in [4.69, 9.17) is 4.28 Å². The van der Waals surface area contributed by atoms with Gasteiger partial charge in [0.15, 0.2) is 5.71 Å². The van der Waals surface area contributed by atoms with Crippen LogP contribution in [0, 0.1) is 18.3 Å². The lowest BCUT2D eigenvalue weighted by Crippen LogP contribution is -1.98. The lowest BCUT2D eigenvalue weighted by molar-refractivity contribution is 0.402. The fourth-order valence-electron chi connectivity index (χ4n) is 1.67. The van der Waals surface area contributed by atoms with Gasteiger partial charge in [-0.15, -0.1) is 0 Å². The topological polar surface area (TPSA) is 45.4 Å². The highest BCUT2D eigenvalue weighted by Crippen LogP contribution is 2.32. The molecule has 2 aromatic rings. The molecule has 0 saturated heterocycles. The van der Waals surface area contributed by atoms with E-state index in [0.717, 1.165) is 10.5 Å². The molecule has 0 amide bonds. The van der Waals surface area contributed by atoms with Crippen molar-refractivity contribution in [3.05, 3.63) is 65.7 Å². The molecule has 0 radical (unpaired) electrons. The summed E-state index contributed by atoms with van der Waals surface area (Å²) in [6.45, 7) is 5.99. The number of oxime groups is 1. The zero-order chi connectivity index (χ0) is 17.3. The predicted molar refractivity (Wildman–Crippen MR) is 102 cm³/mol. The first-order valence-corrected chi connectivity index (χ1v) is 9.21. The van der Waals surface area contributed by atoms with E-state index in [2.05, 4.69) is 16.9 Å². The first kappa shape index (κ1) is 18.5. The maximum absolute atomic E-state index is 9.22. The van der Waals surface area contributed by atoms with E-state index < -0.39 is 9.49 Å². The van der Waals surface area contributed by atoms with Crippen LogP contribution in [-0.2, 0) is 4.28 Å². The van der Waals surface area contributed by atoms with Gasteiger partial charge in [-0.25, -0.2) is 0 Å². The van der Waals surface area contributed by atoms with Crippen molar-refractivity contribution in [1.29, 1.82) is 5.26 Å². The molecular weight excluding hydrogens is 304 g/mol. The van der Waals surface area contributed by atoms with Crippen LogP contribution in [0.3, 0.4) is 0 Å². The SMILES string of the molecule is C=S(=C)(O/N=C(\C#N)c1ccc(C)cc1)c1ccccc1.CC. The van der Waals surface area contributed by atoms with Crippen LogP contribution in [0.15, 0.2) is 64.6 Å². The number of hydrogen-bond acceptors (Lipinski definition) is 3. The summed E-state index contributed by atoms with van der Waals surface area (Å²) in [7, 11) is -2.02. The van der Waals surface area contributed by atoms with E-state index in [9.17, 15) is 5.26 Å². The minimum absolute atomic E-state index is 0.218. The molecule has 0 unspecified atom stereocenters. The van der Waals surface area contributed by atoms with Crippen LogP contribution >= 0.6 is 9.49 Å². The molecule has 3 nitrogen and oxygen atoms in total. The van der Waals surface area contributed by atoms with Crippen molar-refractivity contribution in [2.45, 2.75) is 25.7 Å². The van der Waals surface area contributed by atoms with Crippen molar-refractivity contribution < 1.29 is 4.28 Å². The van der Waals surface area contributed by atoms with Crippen LogP contribution in [0.25, 0.3) is 0 Å². The first-order valence-electron chi connectivity index (χ1n) is 7.31. The summed E-state index contributed by atoms with van der Waals surface area (Å²) in [5, 5.41) is 13.2. The fourth-order valence-corrected chi connectivity index (χ4v) is 2.63. The largest absolute Gasteiger partial charge is 0.334 e. The van der Waals surface area contributed by atoms with Gasteiger partial charge in [0.25, 0.3) is 0 Å². The second kappa shape index (κ2) is 8.82. The smallest absolute Gasteiger partial charge is 0.188 e. The Morgan fingerprint density at radius 1 is 1.04 bits per heavy atom. The number of nitriles is 1. The molecular formula is C19H22N2OS. The highest BCUT2D eigenvalue weighted by molar-refractivity contribution is 8.23. The van der Waals surface area contributed by atoms with Crippen LogP contribution in [0.4, 0.5) is 0 Å². The van der Waals surface area contributed by atoms with E-state index >= 15 is 0 Å². The van der Waals surface area contributed by atoms with Crippen molar-refractivity contribution in [3.63, 3.8) is 0 Å². The van der Waals surface area contributed by atoms with E-state index in [0.29, 0.717) is 5.56 Å². The van der Waals surface area contributed by atoms with Gasteiger partial charge in [0, 0.05) is 10.5 Å². The van der Waals surface area contributed by atoms with Gasteiger partial charge in [-0.2, -0.15) is 5.26 Å². The van der Waals surface area contributed by atoms with Crippen LogP contribution in [0.5, 0.6) is 0 Å². The fraction of sp³-hybridized carbons (Fsp3) is 0.158. The Balaban J connectivity index is 0.00000127. The molecule has 0 heterocycles. The van der Waals surface area contributed by atoms with Crippen molar-refractivity contribution in [3.8, 4) is 6.07 Å². The van der Waals surface area contributed by atoms with Crippen LogP contribution in [0.2, 0.25) is 0 Å². The Labute approximate surface area is 139 Å². The number of rotatable bonds is 4. The Morgan fingerprint density at radius 3 is 2.13 bits per heavy atom. The molecule has 2 rings (SSSR count). The van der Waals surface area contributed by atoms with E-state index in [-0.39, 0.29) is 5.71 Å². The average Bonchev–Trinajstić information content (AvgIpc) is 2.59. The molecule has 0 aliphatic heterocycles. The molecule has 0 atom stereocenters.